The molecule has 5 heteroatoms. The second-order valence-corrected chi connectivity index (χ2v) is 7.04. The average Bonchev–Trinajstić information content (AvgIpc) is 2.68. The zero-order valence-corrected chi connectivity index (χ0v) is 14.9. The highest BCUT2D eigenvalue weighted by Gasteiger charge is 2.25. The molecule has 132 valence electrons. The highest BCUT2D eigenvalue weighted by Crippen LogP contribution is 2.23. The zero-order valence-electron chi connectivity index (χ0n) is 14.9. The van der Waals surface area contributed by atoms with Crippen LogP contribution in [-0.4, -0.2) is 38.8 Å². The van der Waals surface area contributed by atoms with Crippen molar-refractivity contribution in [2.45, 2.75) is 26.2 Å². The minimum Gasteiger partial charge on any atom is -0.337 e. The number of rotatable bonds is 3. The SMILES string of the molecule is Cc1cnc(C(=O)N2CCC[C@H](Cc3cnc4ccccc4c3)C2)cn1. The van der Waals surface area contributed by atoms with Crippen molar-refractivity contribution >= 4 is 16.8 Å². The van der Waals surface area contributed by atoms with Crippen LogP contribution in [0.15, 0.2) is 48.9 Å². The molecule has 1 saturated heterocycles. The molecular weight excluding hydrogens is 324 g/mol. The van der Waals surface area contributed by atoms with Crippen LogP contribution in [-0.2, 0) is 6.42 Å². The van der Waals surface area contributed by atoms with Crippen molar-refractivity contribution in [1.29, 1.82) is 0 Å². The first-order valence-electron chi connectivity index (χ1n) is 9.10. The van der Waals surface area contributed by atoms with Crippen molar-refractivity contribution < 1.29 is 4.79 Å². The van der Waals surface area contributed by atoms with E-state index in [1.165, 1.54) is 10.9 Å². The minimum absolute atomic E-state index is 0.0150. The molecule has 0 radical (unpaired) electrons. The highest BCUT2D eigenvalue weighted by molar-refractivity contribution is 5.92. The minimum atomic E-state index is -0.0150. The predicted octanol–water partition coefficient (Wildman–Crippen LogP) is 3.43. The maximum Gasteiger partial charge on any atom is 0.274 e. The van der Waals surface area contributed by atoms with Gasteiger partial charge in [-0.2, -0.15) is 0 Å². The Bertz CT molecular complexity index is 923. The third-order valence-electron chi connectivity index (χ3n) is 4.98. The molecule has 3 heterocycles. The maximum atomic E-state index is 12.7. The summed E-state index contributed by atoms with van der Waals surface area (Å²) in [4.78, 5) is 27.6. The molecule has 1 aliphatic rings. The van der Waals surface area contributed by atoms with Crippen molar-refractivity contribution in [2.24, 2.45) is 5.92 Å². The molecule has 3 aromatic rings. The van der Waals surface area contributed by atoms with E-state index in [0.717, 1.165) is 43.6 Å². The molecule has 0 unspecified atom stereocenters. The zero-order chi connectivity index (χ0) is 17.9. The smallest absolute Gasteiger partial charge is 0.274 e. The Morgan fingerprint density at radius 3 is 2.88 bits per heavy atom. The third-order valence-corrected chi connectivity index (χ3v) is 4.98. The fraction of sp³-hybridized carbons (Fsp3) is 0.333. The maximum absolute atomic E-state index is 12.7. The van der Waals surface area contributed by atoms with Crippen LogP contribution >= 0.6 is 0 Å². The van der Waals surface area contributed by atoms with Gasteiger partial charge in [0.05, 0.1) is 17.4 Å². The lowest BCUT2D eigenvalue weighted by Gasteiger charge is -2.32. The Morgan fingerprint density at radius 1 is 1.15 bits per heavy atom. The van der Waals surface area contributed by atoms with Crippen molar-refractivity contribution in [3.8, 4) is 0 Å². The number of hydrogen-bond acceptors (Lipinski definition) is 4. The number of fused-ring (bicyclic) bond motifs is 1. The van der Waals surface area contributed by atoms with Crippen molar-refractivity contribution in [3.63, 3.8) is 0 Å². The Balaban J connectivity index is 1.45. The van der Waals surface area contributed by atoms with Crippen LogP contribution in [0.2, 0.25) is 0 Å². The van der Waals surface area contributed by atoms with Gasteiger partial charge < -0.3 is 4.90 Å². The molecule has 26 heavy (non-hydrogen) atoms. The lowest BCUT2D eigenvalue weighted by molar-refractivity contribution is 0.0667. The summed E-state index contributed by atoms with van der Waals surface area (Å²) in [6, 6.07) is 10.4. The summed E-state index contributed by atoms with van der Waals surface area (Å²) >= 11 is 0. The molecule has 5 nitrogen and oxygen atoms in total. The van der Waals surface area contributed by atoms with Gasteiger partial charge in [0.2, 0.25) is 0 Å². The number of piperidine rings is 1. The first kappa shape index (κ1) is 16.6. The van der Waals surface area contributed by atoms with E-state index in [-0.39, 0.29) is 5.91 Å². The second-order valence-electron chi connectivity index (χ2n) is 7.04. The van der Waals surface area contributed by atoms with Crippen LogP contribution in [0.1, 0.15) is 34.6 Å². The molecule has 0 spiro atoms. The Kier molecular flexibility index (Phi) is 4.61. The highest BCUT2D eigenvalue weighted by atomic mass is 16.2. The van der Waals surface area contributed by atoms with E-state index in [1.54, 1.807) is 12.4 Å². The van der Waals surface area contributed by atoms with Crippen molar-refractivity contribution in [1.82, 2.24) is 19.9 Å². The molecule has 1 fully saturated rings. The number of aryl methyl sites for hydroxylation is 1. The summed E-state index contributed by atoms with van der Waals surface area (Å²) in [5.41, 5.74) is 3.51. The number of para-hydroxylation sites is 1. The molecule has 1 aromatic carbocycles. The Hall–Kier alpha value is -2.82. The van der Waals surface area contributed by atoms with Gasteiger partial charge in [-0.25, -0.2) is 4.98 Å². The van der Waals surface area contributed by atoms with E-state index in [0.29, 0.717) is 11.6 Å². The largest absolute Gasteiger partial charge is 0.337 e. The van der Waals surface area contributed by atoms with Gasteiger partial charge in [-0.1, -0.05) is 18.2 Å². The summed E-state index contributed by atoms with van der Waals surface area (Å²) in [5, 5.41) is 1.17. The summed E-state index contributed by atoms with van der Waals surface area (Å²) in [5.74, 6) is 0.438. The van der Waals surface area contributed by atoms with E-state index in [1.807, 2.05) is 36.2 Å². The number of pyridine rings is 1. The fourth-order valence-electron chi connectivity index (χ4n) is 3.64. The number of likely N-dealkylation sites (tertiary alicyclic amines) is 1. The molecule has 2 aromatic heterocycles. The van der Waals surface area contributed by atoms with Gasteiger partial charge in [-0.3, -0.25) is 14.8 Å². The normalized spacial score (nSPS) is 17.4. The molecular formula is C21H22N4O. The number of carbonyl (C=O) groups excluding carboxylic acids is 1. The van der Waals surface area contributed by atoms with Crippen LogP contribution in [0, 0.1) is 12.8 Å². The summed E-state index contributed by atoms with van der Waals surface area (Å²) in [6.07, 6.45) is 8.30. The number of carbonyl (C=O) groups is 1. The van der Waals surface area contributed by atoms with Crippen LogP contribution < -0.4 is 0 Å². The number of benzene rings is 1. The second kappa shape index (κ2) is 7.20. The number of aromatic nitrogens is 3. The van der Waals surface area contributed by atoms with Gasteiger partial charge in [-0.05, 0) is 49.8 Å². The van der Waals surface area contributed by atoms with E-state index < -0.39 is 0 Å². The standard InChI is InChI=1S/C21H22N4O/c1-15-11-23-20(13-22-15)21(26)25-8-4-5-16(14-25)9-17-10-18-6-2-3-7-19(18)24-12-17/h2-3,6-7,10-13,16H,4-5,8-9,14H2,1H3/t16-/m1/s1. The van der Waals surface area contributed by atoms with Crippen molar-refractivity contribution in [2.75, 3.05) is 13.1 Å². The van der Waals surface area contributed by atoms with Gasteiger partial charge in [-0.15, -0.1) is 0 Å². The van der Waals surface area contributed by atoms with Gasteiger partial charge >= 0.3 is 0 Å². The van der Waals surface area contributed by atoms with E-state index >= 15 is 0 Å². The first-order chi connectivity index (χ1) is 12.7. The number of hydrogen-bond donors (Lipinski definition) is 0. The number of amides is 1. The molecule has 0 bridgehead atoms. The Morgan fingerprint density at radius 2 is 2.04 bits per heavy atom. The molecule has 0 saturated carbocycles. The first-order valence-corrected chi connectivity index (χ1v) is 9.10. The van der Waals surface area contributed by atoms with E-state index in [2.05, 4.69) is 27.1 Å². The molecule has 1 atom stereocenters. The quantitative estimate of drug-likeness (QED) is 0.729. The monoisotopic (exact) mass is 346 g/mol. The lowest BCUT2D eigenvalue weighted by atomic mass is 9.91. The topological polar surface area (TPSA) is 59.0 Å². The van der Waals surface area contributed by atoms with Crippen LogP contribution in [0.4, 0.5) is 0 Å². The summed E-state index contributed by atoms with van der Waals surface area (Å²) in [7, 11) is 0. The summed E-state index contributed by atoms with van der Waals surface area (Å²) in [6.45, 7) is 3.43. The van der Waals surface area contributed by atoms with Gasteiger partial charge in [0.15, 0.2) is 0 Å². The van der Waals surface area contributed by atoms with Crippen molar-refractivity contribution in [3.05, 3.63) is 65.9 Å². The Labute approximate surface area is 153 Å². The molecule has 4 rings (SSSR count). The summed E-state index contributed by atoms with van der Waals surface area (Å²) < 4.78 is 0. The van der Waals surface area contributed by atoms with Crippen LogP contribution in [0.3, 0.4) is 0 Å². The average molecular weight is 346 g/mol. The molecule has 0 N–H and O–H groups in total. The van der Waals surface area contributed by atoms with Crippen LogP contribution in [0.5, 0.6) is 0 Å². The van der Waals surface area contributed by atoms with Crippen LogP contribution in [0.25, 0.3) is 10.9 Å². The lowest BCUT2D eigenvalue weighted by Crippen LogP contribution is -2.40. The molecule has 0 aliphatic carbocycles. The van der Waals surface area contributed by atoms with E-state index in [9.17, 15) is 4.79 Å². The van der Waals surface area contributed by atoms with E-state index in [4.69, 9.17) is 0 Å². The molecule has 1 amide bonds. The fourth-order valence-corrected chi connectivity index (χ4v) is 3.64. The van der Waals surface area contributed by atoms with Gasteiger partial charge in [0.1, 0.15) is 5.69 Å². The predicted molar refractivity (Wildman–Crippen MR) is 101 cm³/mol. The third kappa shape index (κ3) is 3.57. The van der Waals surface area contributed by atoms with Gasteiger partial charge in [0.25, 0.3) is 5.91 Å². The number of nitrogens with zero attached hydrogens (tertiary/aromatic N) is 4. The van der Waals surface area contributed by atoms with Gasteiger partial charge in [0, 0.05) is 30.9 Å². The molecule has 1 aliphatic heterocycles.